The first-order valence-corrected chi connectivity index (χ1v) is 9.16. The number of rotatable bonds is 6. The first-order chi connectivity index (χ1) is 11.3. The Morgan fingerprint density at radius 1 is 1.17 bits per heavy atom. The molecular weight excluding hydrogens is 290 g/mol. The second kappa shape index (κ2) is 6.91. The van der Waals surface area contributed by atoms with Crippen molar-refractivity contribution < 1.29 is 9.47 Å². The van der Waals surface area contributed by atoms with Crippen LogP contribution in [0.3, 0.4) is 0 Å². The Labute approximate surface area is 139 Å². The van der Waals surface area contributed by atoms with Gasteiger partial charge in [-0.25, -0.2) is 4.98 Å². The van der Waals surface area contributed by atoms with E-state index in [2.05, 4.69) is 15.8 Å². The van der Waals surface area contributed by atoms with E-state index >= 15 is 0 Å². The summed E-state index contributed by atoms with van der Waals surface area (Å²) in [6, 6.07) is 0. The van der Waals surface area contributed by atoms with Crippen LogP contribution in [0.25, 0.3) is 0 Å². The smallest absolute Gasteiger partial charge is 0.0952 e. The standard InChI is InChI=1S/C18H29N3O2/c1-22-12-16-10-20(8-15-4-6-23-7-5-15)11-17-18(16)21(13-19-17)9-14-2-3-14/h13-16H,2-12H2,1H3. The average molecular weight is 319 g/mol. The third-order valence-corrected chi connectivity index (χ3v) is 5.57. The second-order valence-corrected chi connectivity index (χ2v) is 7.57. The lowest BCUT2D eigenvalue weighted by atomic mass is 9.95. The van der Waals surface area contributed by atoms with Gasteiger partial charge < -0.3 is 14.0 Å². The van der Waals surface area contributed by atoms with Crippen LogP contribution in [0.1, 0.15) is 43.0 Å². The molecule has 2 fully saturated rings. The Morgan fingerprint density at radius 3 is 2.70 bits per heavy atom. The summed E-state index contributed by atoms with van der Waals surface area (Å²) in [7, 11) is 1.82. The van der Waals surface area contributed by atoms with Crippen LogP contribution in [0, 0.1) is 11.8 Å². The minimum Gasteiger partial charge on any atom is -0.384 e. The normalized spacial score (nSPS) is 26.4. The highest BCUT2D eigenvalue weighted by Gasteiger charge is 2.32. The number of hydrogen-bond acceptors (Lipinski definition) is 4. The molecule has 3 aliphatic rings. The van der Waals surface area contributed by atoms with Crippen LogP contribution in [0.2, 0.25) is 0 Å². The number of imidazole rings is 1. The van der Waals surface area contributed by atoms with Gasteiger partial charge in [-0.15, -0.1) is 0 Å². The highest BCUT2D eigenvalue weighted by molar-refractivity contribution is 5.22. The zero-order valence-corrected chi connectivity index (χ0v) is 14.2. The zero-order chi connectivity index (χ0) is 15.6. The van der Waals surface area contributed by atoms with Gasteiger partial charge in [-0.05, 0) is 37.5 Å². The molecule has 5 heteroatoms. The van der Waals surface area contributed by atoms with Gasteiger partial charge in [0, 0.05) is 58.1 Å². The monoisotopic (exact) mass is 319 g/mol. The number of methoxy groups -OCH3 is 1. The van der Waals surface area contributed by atoms with Crippen LogP contribution >= 0.6 is 0 Å². The molecule has 0 N–H and O–H groups in total. The minimum absolute atomic E-state index is 0.463. The van der Waals surface area contributed by atoms with Crippen LogP contribution in [-0.4, -0.2) is 54.5 Å². The molecule has 23 heavy (non-hydrogen) atoms. The Balaban J connectivity index is 1.47. The Bertz CT molecular complexity index is 520. The molecule has 5 nitrogen and oxygen atoms in total. The maximum absolute atomic E-state index is 5.53. The highest BCUT2D eigenvalue weighted by Crippen LogP contribution is 2.34. The summed E-state index contributed by atoms with van der Waals surface area (Å²) in [6.07, 6.45) is 7.25. The molecule has 1 saturated heterocycles. The van der Waals surface area contributed by atoms with Gasteiger partial charge in [-0.1, -0.05) is 0 Å². The summed E-state index contributed by atoms with van der Waals surface area (Å²) in [5, 5.41) is 0. The molecule has 1 aliphatic carbocycles. The Hall–Kier alpha value is -0.910. The quantitative estimate of drug-likeness (QED) is 0.806. The van der Waals surface area contributed by atoms with Gasteiger partial charge >= 0.3 is 0 Å². The summed E-state index contributed by atoms with van der Waals surface area (Å²) < 4.78 is 13.4. The maximum atomic E-state index is 5.53. The van der Waals surface area contributed by atoms with Crippen LogP contribution < -0.4 is 0 Å². The van der Waals surface area contributed by atoms with Gasteiger partial charge in [0.15, 0.2) is 0 Å². The van der Waals surface area contributed by atoms with Gasteiger partial charge in [0.1, 0.15) is 0 Å². The largest absolute Gasteiger partial charge is 0.384 e. The van der Waals surface area contributed by atoms with Gasteiger partial charge in [0.2, 0.25) is 0 Å². The van der Waals surface area contributed by atoms with Crippen molar-refractivity contribution in [3.05, 3.63) is 17.7 Å². The maximum Gasteiger partial charge on any atom is 0.0952 e. The number of hydrogen-bond donors (Lipinski definition) is 0. The molecule has 1 atom stereocenters. The van der Waals surface area contributed by atoms with E-state index in [1.165, 1.54) is 43.6 Å². The lowest BCUT2D eigenvalue weighted by molar-refractivity contribution is 0.0456. The molecule has 1 aromatic heterocycles. The van der Waals surface area contributed by atoms with Crippen molar-refractivity contribution in [2.75, 3.05) is 40.0 Å². The van der Waals surface area contributed by atoms with Crippen LogP contribution in [0.15, 0.2) is 6.33 Å². The van der Waals surface area contributed by atoms with Crippen molar-refractivity contribution in [3.63, 3.8) is 0 Å². The van der Waals surface area contributed by atoms with E-state index < -0.39 is 0 Å². The first kappa shape index (κ1) is 15.6. The molecule has 0 spiro atoms. The SMILES string of the molecule is COCC1CN(CC2CCOCC2)Cc2ncn(CC3CC3)c21. The van der Waals surface area contributed by atoms with E-state index in [0.717, 1.165) is 51.3 Å². The molecule has 0 amide bonds. The fourth-order valence-electron chi connectivity index (χ4n) is 4.19. The van der Waals surface area contributed by atoms with Crippen LogP contribution in [0.4, 0.5) is 0 Å². The second-order valence-electron chi connectivity index (χ2n) is 7.57. The Morgan fingerprint density at radius 2 is 1.96 bits per heavy atom. The zero-order valence-electron chi connectivity index (χ0n) is 14.2. The Kier molecular flexibility index (Phi) is 4.69. The van der Waals surface area contributed by atoms with E-state index in [1.54, 1.807) is 0 Å². The lowest BCUT2D eigenvalue weighted by Gasteiger charge is -2.36. The van der Waals surface area contributed by atoms with E-state index in [0.29, 0.717) is 5.92 Å². The third-order valence-electron chi connectivity index (χ3n) is 5.57. The molecule has 2 aliphatic heterocycles. The number of nitrogens with zero attached hydrogens (tertiary/aromatic N) is 3. The molecule has 128 valence electrons. The topological polar surface area (TPSA) is 39.5 Å². The fraction of sp³-hybridized carbons (Fsp3) is 0.833. The summed E-state index contributed by atoms with van der Waals surface area (Å²) in [5.74, 6) is 2.13. The van der Waals surface area contributed by atoms with Crippen molar-refractivity contribution in [2.45, 2.75) is 44.7 Å². The van der Waals surface area contributed by atoms with Crippen molar-refractivity contribution >= 4 is 0 Å². The van der Waals surface area contributed by atoms with Gasteiger partial charge in [-0.2, -0.15) is 0 Å². The summed E-state index contributed by atoms with van der Waals surface area (Å²) in [4.78, 5) is 7.35. The number of ether oxygens (including phenoxy) is 2. The third kappa shape index (κ3) is 3.62. The molecule has 0 bridgehead atoms. The highest BCUT2D eigenvalue weighted by atomic mass is 16.5. The van der Waals surface area contributed by atoms with Crippen molar-refractivity contribution in [2.24, 2.45) is 11.8 Å². The van der Waals surface area contributed by atoms with E-state index in [1.807, 2.05) is 7.11 Å². The molecule has 0 radical (unpaired) electrons. The predicted molar refractivity (Wildman–Crippen MR) is 88.4 cm³/mol. The van der Waals surface area contributed by atoms with Crippen molar-refractivity contribution in [3.8, 4) is 0 Å². The fourth-order valence-corrected chi connectivity index (χ4v) is 4.19. The molecule has 1 aromatic rings. The number of aromatic nitrogens is 2. The van der Waals surface area contributed by atoms with Gasteiger partial charge in [0.05, 0.1) is 18.6 Å². The molecule has 1 unspecified atom stereocenters. The van der Waals surface area contributed by atoms with E-state index in [-0.39, 0.29) is 0 Å². The van der Waals surface area contributed by atoms with Crippen molar-refractivity contribution in [1.82, 2.24) is 14.5 Å². The van der Waals surface area contributed by atoms with E-state index in [4.69, 9.17) is 14.5 Å². The molecule has 1 saturated carbocycles. The minimum atomic E-state index is 0.463. The van der Waals surface area contributed by atoms with Gasteiger partial charge in [-0.3, -0.25) is 4.90 Å². The summed E-state index contributed by atoms with van der Waals surface area (Å²) in [5.41, 5.74) is 2.73. The summed E-state index contributed by atoms with van der Waals surface area (Å²) >= 11 is 0. The lowest BCUT2D eigenvalue weighted by Crippen LogP contribution is -2.40. The number of fused-ring (bicyclic) bond motifs is 1. The van der Waals surface area contributed by atoms with Crippen LogP contribution in [-0.2, 0) is 22.6 Å². The van der Waals surface area contributed by atoms with Crippen molar-refractivity contribution in [1.29, 1.82) is 0 Å². The molecular formula is C18H29N3O2. The predicted octanol–water partition coefficient (Wildman–Crippen LogP) is 2.27. The summed E-state index contributed by atoms with van der Waals surface area (Å²) in [6.45, 7) is 7.11. The first-order valence-electron chi connectivity index (χ1n) is 9.16. The molecule has 3 heterocycles. The molecule has 4 rings (SSSR count). The van der Waals surface area contributed by atoms with E-state index in [9.17, 15) is 0 Å². The van der Waals surface area contributed by atoms with Gasteiger partial charge in [0.25, 0.3) is 0 Å². The molecule has 0 aromatic carbocycles. The average Bonchev–Trinajstić information content (AvgIpc) is 3.28. The van der Waals surface area contributed by atoms with Crippen LogP contribution in [0.5, 0.6) is 0 Å².